The number of hydrogen-bond donors (Lipinski definition) is 3. The minimum Gasteiger partial charge on any atom is -0.390 e. The third-order valence-electron chi connectivity index (χ3n) is 1.82. The zero-order chi connectivity index (χ0) is 11.6. The lowest BCUT2D eigenvalue weighted by Gasteiger charge is -2.10. The maximum Gasteiger partial charge on any atom is 0.493 e. The lowest BCUT2D eigenvalue weighted by atomic mass is 10.1. The summed E-state index contributed by atoms with van der Waals surface area (Å²) in [5.74, 6) is -3.26. The first-order valence-corrected chi connectivity index (χ1v) is 6.15. The molecule has 0 aliphatic rings. The Morgan fingerprint density at radius 1 is 1.00 bits per heavy atom. The normalized spacial score (nSPS) is 11.9. The Morgan fingerprint density at radius 3 is 1.87 bits per heavy atom. The van der Waals surface area contributed by atoms with Crippen LogP contribution in [-0.4, -0.2) is 23.2 Å². The van der Waals surface area contributed by atoms with Gasteiger partial charge in [-0.05, 0) is 6.42 Å². The second-order valence-electron chi connectivity index (χ2n) is 3.12. The van der Waals surface area contributed by atoms with Gasteiger partial charge in [0.25, 0.3) is 0 Å². The summed E-state index contributed by atoms with van der Waals surface area (Å²) in [5.41, 5.74) is -0.467. The predicted molar refractivity (Wildman–Crippen MR) is 47.2 cm³/mol. The van der Waals surface area contributed by atoms with E-state index in [-0.39, 0.29) is 0 Å². The molecule has 3 N–H and O–H groups in total. The second kappa shape index (κ2) is 4.31. The Kier molecular flexibility index (Phi) is 3.50. The molecule has 0 atom stereocenters. The molecule has 1 aromatic carbocycles. The molecule has 0 spiro atoms. The second-order valence-corrected chi connectivity index (χ2v) is 5.17. The van der Waals surface area contributed by atoms with E-state index in [1.165, 1.54) is 0 Å². The Bertz CT molecular complexity index is 342. The third-order valence-corrected chi connectivity index (χ3v) is 2.74. The van der Waals surface area contributed by atoms with E-state index >= 15 is 0 Å². The van der Waals surface area contributed by atoms with Crippen LogP contribution in [0.25, 0.3) is 0 Å². The molecule has 0 bridgehead atoms. The Balaban J connectivity index is 2.86. The molecular formula is C8H9F3O3Si. The minimum absolute atomic E-state index is 0.395. The number of rotatable bonds is 3. The molecule has 0 aliphatic heterocycles. The van der Waals surface area contributed by atoms with Crippen LogP contribution >= 0.6 is 0 Å². The van der Waals surface area contributed by atoms with Crippen LogP contribution in [-0.2, 0) is 6.42 Å². The van der Waals surface area contributed by atoms with E-state index in [1.54, 1.807) is 0 Å². The highest BCUT2D eigenvalue weighted by molar-refractivity contribution is 6.56. The van der Waals surface area contributed by atoms with E-state index in [2.05, 4.69) is 0 Å². The van der Waals surface area contributed by atoms with E-state index in [0.29, 0.717) is 12.1 Å². The van der Waals surface area contributed by atoms with Crippen molar-refractivity contribution in [1.29, 1.82) is 0 Å². The molecular weight excluding hydrogens is 229 g/mol. The maximum atomic E-state index is 13.0. The van der Waals surface area contributed by atoms with Crippen molar-refractivity contribution in [3.05, 3.63) is 35.1 Å². The highest BCUT2D eigenvalue weighted by Gasteiger charge is 2.27. The molecule has 3 nitrogen and oxygen atoms in total. The van der Waals surface area contributed by atoms with Gasteiger partial charge in [-0.2, -0.15) is 0 Å². The van der Waals surface area contributed by atoms with Gasteiger partial charge in [-0.3, -0.25) is 0 Å². The molecule has 0 unspecified atom stereocenters. The predicted octanol–water partition coefficient (Wildman–Crippen LogP) is 0.562. The topological polar surface area (TPSA) is 60.7 Å². The molecule has 15 heavy (non-hydrogen) atoms. The average molecular weight is 238 g/mol. The molecule has 0 aromatic heterocycles. The fourth-order valence-electron chi connectivity index (χ4n) is 1.10. The zero-order valence-corrected chi connectivity index (χ0v) is 8.54. The van der Waals surface area contributed by atoms with Gasteiger partial charge in [0, 0.05) is 23.7 Å². The summed E-state index contributed by atoms with van der Waals surface area (Å²) in [6.45, 7) is 0. The van der Waals surface area contributed by atoms with Gasteiger partial charge in [0.15, 0.2) is 0 Å². The number of benzene rings is 1. The summed E-state index contributed by atoms with van der Waals surface area (Å²) in [6, 6.07) is 0.452. The van der Waals surface area contributed by atoms with Crippen molar-refractivity contribution in [2.24, 2.45) is 0 Å². The van der Waals surface area contributed by atoms with E-state index < -0.39 is 44.3 Å². The number of halogens is 3. The monoisotopic (exact) mass is 238 g/mol. The summed E-state index contributed by atoms with van der Waals surface area (Å²) >= 11 is 0. The summed E-state index contributed by atoms with van der Waals surface area (Å²) in [5, 5.41) is 0. The zero-order valence-electron chi connectivity index (χ0n) is 7.54. The minimum atomic E-state index is -4.33. The van der Waals surface area contributed by atoms with Gasteiger partial charge < -0.3 is 14.4 Å². The smallest absolute Gasteiger partial charge is 0.390 e. The number of hydrogen-bond acceptors (Lipinski definition) is 3. The first kappa shape index (κ1) is 12.2. The quantitative estimate of drug-likeness (QED) is 0.674. The lowest BCUT2D eigenvalue weighted by Crippen LogP contribution is -2.35. The van der Waals surface area contributed by atoms with Gasteiger partial charge in [0.1, 0.15) is 17.5 Å². The molecule has 1 rings (SSSR count). The van der Waals surface area contributed by atoms with E-state index in [9.17, 15) is 13.2 Å². The van der Waals surface area contributed by atoms with E-state index in [0.717, 1.165) is 0 Å². The molecule has 0 heterocycles. The fraction of sp³-hybridized carbons (Fsp3) is 0.250. The molecule has 0 aliphatic carbocycles. The third kappa shape index (κ3) is 3.63. The summed E-state index contributed by atoms with van der Waals surface area (Å²) < 4.78 is 38.4. The molecule has 0 fully saturated rings. The standard InChI is InChI=1S/C8H9F3O3Si/c9-5-3-7(10)6(8(11)4-5)1-2-15(12,13)14/h3-4,12-14H,1-2H2. The van der Waals surface area contributed by atoms with Crippen LogP contribution in [0.1, 0.15) is 5.56 Å². The van der Waals surface area contributed by atoms with Crippen LogP contribution in [0.5, 0.6) is 0 Å². The van der Waals surface area contributed by atoms with E-state index in [4.69, 9.17) is 14.4 Å². The van der Waals surface area contributed by atoms with Gasteiger partial charge in [-0.15, -0.1) is 0 Å². The molecule has 0 radical (unpaired) electrons. The van der Waals surface area contributed by atoms with Crippen molar-refractivity contribution in [3.63, 3.8) is 0 Å². The summed E-state index contributed by atoms with van der Waals surface area (Å²) in [7, 11) is -4.33. The van der Waals surface area contributed by atoms with Gasteiger partial charge in [0.2, 0.25) is 0 Å². The molecule has 0 amide bonds. The van der Waals surface area contributed by atoms with Gasteiger partial charge in [0.05, 0.1) is 0 Å². The SMILES string of the molecule is O[Si](O)(O)CCc1c(F)cc(F)cc1F. The van der Waals surface area contributed by atoms with Crippen LogP contribution in [0.4, 0.5) is 13.2 Å². The van der Waals surface area contributed by atoms with Crippen LogP contribution in [0, 0.1) is 17.5 Å². The largest absolute Gasteiger partial charge is 0.493 e. The van der Waals surface area contributed by atoms with Crippen molar-refractivity contribution in [2.75, 3.05) is 0 Å². The molecule has 1 aromatic rings. The summed E-state index contributed by atoms with van der Waals surface area (Å²) in [4.78, 5) is 25.9. The van der Waals surface area contributed by atoms with Crippen molar-refractivity contribution in [2.45, 2.75) is 12.5 Å². The van der Waals surface area contributed by atoms with Crippen molar-refractivity contribution in [3.8, 4) is 0 Å². The van der Waals surface area contributed by atoms with Crippen LogP contribution in [0.15, 0.2) is 12.1 Å². The van der Waals surface area contributed by atoms with E-state index in [1.807, 2.05) is 0 Å². The van der Waals surface area contributed by atoms with Gasteiger partial charge in [-0.25, -0.2) is 13.2 Å². The Hall–Kier alpha value is -0.893. The van der Waals surface area contributed by atoms with Crippen LogP contribution < -0.4 is 0 Å². The van der Waals surface area contributed by atoms with Gasteiger partial charge in [-0.1, -0.05) is 0 Å². The maximum absolute atomic E-state index is 13.0. The Labute approximate surface area is 84.8 Å². The van der Waals surface area contributed by atoms with Crippen LogP contribution in [0.3, 0.4) is 0 Å². The molecule has 0 saturated carbocycles. The fourth-order valence-corrected chi connectivity index (χ4v) is 1.69. The lowest BCUT2D eigenvalue weighted by molar-refractivity contribution is 0.227. The average Bonchev–Trinajstić information content (AvgIpc) is 1.99. The molecule has 0 saturated heterocycles. The first-order chi connectivity index (χ1) is 6.79. The Morgan fingerprint density at radius 2 is 1.47 bits per heavy atom. The highest BCUT2D eigenvalue weighted by Crippen LogP contribution is 2.17. The molecule has 84 valence electrons. The van der Waals surface area contributed by atoms with Crippen LogP contribution in [0.2, 0.25) is 6.04 Å². The van der Waals surface area contributed by atoms with Gasteiger partial charge >= 0.3 is 8.80 Å². The first-order valence-electron chi connectivity index (χ1n) is 4.10. The summed E-state index contributed by atoms with van der Waals surface area (Å²) in [6.07, 6.45) is -0.395. The van der Waals surface area contributed by atoms with Crippen molar-refractivity contribution >= 4 is 8.80 Å². The van der Waals surface area contributed by atoms with Crippen molar-refractivity contribution in [1.82, 2.24) is 0 Å². The molecule has 7 heteroatoms. The highest BCUT2D eigenvalue weighted by atomic mass is 28.4. The van der Waals surface area contributed by atoms with Crippen molar-refractivity contribution < 1.29 is 27.6 Å².